The van der Waals surface area contributed by atoms with E-state index < -0.39 is 5.97 Å². The quantitative estimate of drug-likeness (QED) is 0.609. The summed E-state index contributed by atoms with van der Waals surface area (Å²) in [6.45, 7) is 5.79. The highest BCUT2D eigenvalue weighted by molar-refractivity contribution is 5.82. The van der Waals surface area contributed by atoms with Gasteiger partial charge in [-0.2, -0.15) is 0 Å². The molecule has 5 heteroatoms. The third kappa shape index (κ3) is 6.93. The van der Waals surface area contributed by atoms with Gasteiger partial charge >= 0.3 is 5.97 Å². The Hall–Kier alpha value is -1.10. The maximum atomic E-state index is 12.1. The van der Waals surface area contributed by atoms with Crippen LogP contribution in [0.3, 0.4) is 0 Å². The van der Waals surface area contributed by atoms with E-state index in [0.29, 0.717) is 24.8 Å². The van der Waals surface area contributed by atoms with Gasteiger partial charge in [0.05, 0.1) is 6.04 Å². The second kappa shape index (κ2) is 9.77. The molecule has 1 fully saturated rings. The van der Waals surface area contributed by atoms with Gasteiger partial charge < -0.3 is 15.7 Å². The topological polar surface area (TPSA) is 78.4 Å². The fourth-order valence-electron chi connectivity index (χ4n) is 3.08. The highest BCUT2D eigenvalue weighted by Gasteiger charge is 2.27. The van der Waals surface area contributed by atoms with Crippen molar-refractivity contribution in [1.29, 1.82) is 0 Å². The van der Waals surface area contributed by atoms with Gasteiger partial charge in [-0.3, -0.25) is 9.59 Å². The number of hydrogen-bond donors (Lipinski definition) is 3. The molecule has 0 aliphatic carbocycles. The lowest BCUT2D eigenvalue weighted by Crippen LogP contribution is -2.51. The zero-order chi connectivity index (χ0) is 15.7. The summed E-state index contributed by atoms with van der Waals surface area (Å²) in [4.78, 5) is 22.8. The normalized spacial score (nSPS) is 23.5. The fraction of sp³-hybridized carbons (Fsp3) is 0.875. The van der Waals surface area contributed by atoms with E-state index >= 15 is 0 Å². The van der Waals surface area contributed by atoms with Gasteiger partial charge in [0.2, 0.25) is 5.91 Å². The van der Waals surface area contributed by atoms with E-state index in [0.717, 1.165) is 38.6 Å². The highest BCUT2D eigenvalue weighted by atomic mass is 16.4. The van der Waals surface area contributed by atoms with E-state index in [1.54, 1.807) is 0 Å². The Balaban J connectivity index is 2.28. The molecule has 0 bridgehead atoms. The van der Waals surface area contributed by atoms with E-state index in [9.17, 15) is 9.59 Å². The Kier molecular flexibility index (Phi) is 8.35. The Morgan fingerprint density at radius 1 is 1.33 bits per heavy atom. The average molecular weight is 298 g/mol. The van der Waals surface area contributed by atoms with Crippen LogP contribution < -0.4 is 10.6 Å². The van der Waals surface area contributed by atoms with Crippen molar-refractivity contribution in [3.63, 3.8) is 0 Å². The molecule has 3 N–H and O–H groups in total. The van der Waals surface area contributed by atoms with Crippen LogP contribution in [0.2, 0.25) is 0 Å². The summed E-state index contributed by atoms with van der Waals surface area (Å²) in [5, 5.41) is 15.1. The van der Waals surface area contributed by atoms with E-state index in [4.69, 9.17) is 5.11 Å². The lowest BCUT2D eigenvalue weighted by atomic mass is 9.91. The smallest absolute Gasteiger partial charge is 0.303 e. The molecular weight excluding hydrogens is 268 g/mol. The standard InChI is InChI=1S/C16H30N2O3/c1-3-5-13(7-8-14(19)20)9-11-18-16(21)15-12(2)6-4-10-17-15/h12-13,15,17H,3-11H2,1-2H3,(H,18,21)(H,19,20). The van der Waals surface area contributed by atoms with Crippen LogP contribution in [0.4, 0.5) is 0 Å². The number of carbonyl (C=O) groups excluding carboxylic acids is 1. The van der Waals surface area contributed by atoms with Gasteiger partial charge in [-0.15, -0.1) is 0 Å². The average Bonchev–Trinajstić information content (AvgIpc) is 2.45. The van der Waals surface area contributed by atoms with Gasteiger partial charge in [-0.05, 0) is 44.1 Å². The van der Waals surface area contributed by atoms with Crippen LogP contribution in [0.5, 0.6) is 0 Å². The lowest BCUT2D eigenvalue weighted by molar-refractivity contribution is -0.137. The van der Waals surface area contributed by atoms with E-state index in [1.807, 2.05) is 0 Å². The Labute approximate surface area is 127 Å². The number of aliphatic carboxylic acids is 1. The van der Waals surface area contributed by atoms with Gasteiger partial charge in [-0.25, -0.2) is 0 Å². The van der Waals surface area contributed by atoms with Crippen LogP contribution in [0.15, 0.2) is 0 Å². The number of rotatable bonds is 9. The summed E-state index contributed by atoms with van der Waals surface area (Å²) in [5.41, 5.74) is 0. The van der Waals surface area contributed by atoms with Crippen molar-refractivity contribution in [1.82, 2.24) is 10.6 Å². The van der Waals surface area contributed by atoms with Crippen molar-refractivity contribution in [2.45, 2.75) is 64.8 Å². The monoisotopic (exact) mass is 298 g/mol. The van der Waals surface area contributed by atoms with Crippen molar-refractivity contribution in [3.05, 3.63) is 0 Å². The number of piperidine rings is 1. The fourth-order valence-corrected chi connectivity index (χ4v) is 3.08. The molecule has 0 aromatic carbocycles. The summed E-state index contributed by atoms with van der Waals surface area (Å²) in [6, 6.07) is -0.0672. The maximum Gasteiger partial charge on any atom is 0.303 e. The number of nitrogens with one attached hydrogen (secondary N) is 2. The molecule has 3 atom stereocenters. The Morgan fingerprint density at radius 2 is 2.10 bits per heavy atom. The summed E-state index contributed by atoms with van der Waals surface area (Å²) >= 11 is 0. The third-order valence-electron chi connectivity index (χ3n) is 4.37. The van der Waals surface area contributed by atoms with E-state index in [1.165, 1.54) is 0 Å². The molecule has 1 aliphatic heterocycles. The second-order valence-corrected chi connectivity index (χ2v) is 6.22. The van der Waals surface area contributed by atoms with Crippen LogP contribution >= 0.6 is 0 Å². The zero-order valence-electron chi connectivity index (χ0n) is 13.4. The highest BCUT2D eigenvalue weighted by Crippen LogP contribution is 2.18. The number of carbonyl (C=O) groups is 2. The first kappa shape index (κ1) is 18.0. The molecule has 5 nitrogen and oxygen atoms in total. The van der Waals surface area contributed by atoms with Crippen LogP contribution in [0.25, 0.3) is 0 Å². The van der Waals surface area contributed by atoms with Gasteiger partial charge in [0.1, 0.15) is 0 Å². The first-order valence-electron chi connectivity index (χ1n) is 8.27. The molecule has 1 heterocycles. The molecule has 122 valence electrons. The molecule has 1 amide bonds. The zero-order valence-corrected chi connectivity index (χ0v) is 13.4. The predicted octanol–water partition coefficient (Wildman–Crippen LogP) is 2.16. The Morgan fingerprint density at radius 3 is 2.71 bits per heavy atom. The molecule has 0 spiro atoms. The largest absolute Gasteiger partial charge is 0.481 e. The Bertz CT molecular complexity index is 333. The molecule has 0 radical (unpaired) electrons. The molecule has 1 rings (SSSR count). The molecule has 1 aliphatic rings. The van der Waals surface area contributed by atoms with Crippen molar-refractivity contribution >= 4 is 11.9 Å². The lowest BCUT2D eigenvalue weighted by Gasteiger charge is -2.29. The molecule has 21 heavy (non-hydrogen) atoms. The number of hydrogen-bond acceptors (Lipinski definition) is 3. The van der Waals surface area contributed by atoms with Gasteiger partial charge in [0, 0.05) is 13.0 Å². The molecule has 0 aromatic heterocycles. The van der Waals surface area contributed by atoms with Gasteiger partial charge in [0.25, 0.3) is 0 Å². The molecule has 3 unspecified atom stereocenters. The van der Waals surface area contributed by atoms with Crippen LogP contribution in [-0.2, 0) is 9.59 Å². The summed E-state index contributed by atoms with van der Waals surface area (Å²) in [7, 11) is 0. The van der Waals surface area contributed by atoms with Crippen molar-refractivity contribution in [3.8, 4) is 0 Å². The van der Waals surface area contributed by atoms with Crippen molar-refractivity contribution < 1.29 is 14.7 Å². The first-order chi connectivity index (χ1) is 10.0. The second-order valence-electron chi connectivity index (χ2n) is 6.22. The minimum absolute atomic E-state index is 0.0672. The van der Waals surface area contributed by atoms with Gasteiger partial charge in [-0.1, -0.05) is 26.7 Å². The van der Waals surface area contributed by atoms with Gasteiger partial charge in [0.15, 0.2) is 0 Å². The van der Waals surface area contributed by atoms with E-state index in [-0.39, 0.29) is 18.4 Å². The summed E-state index contributed by atoms with van der Waals surface area (Å²) in [6.07, 6.45) is 6.12. The van der Waals surface area contributed by atoms with E-state index in [2.05, 4.69) is 24.5 Å². The predicted molar refractivity (Wildman–Crippen MR) is 83.1 cm³/mol. The first-order valence-corrected chi connectivity index (χ1v) is 8.27. The van der Waals surface area contributed by atoms with Crippen molar-refractivity contribution in [2.24, 2.45) is 11.8 Å². The minimum Gasteiger partial charge on any atom is -0.481 e. The molecule has 1 saturated heterocycles. The number of amides is 1. The molecule has 0 aromatic rings. The van der Waals surface area contributed by atoms with Crippen LogP contribution in [0, 0.1) is 11.8 Å². The minimum atomic E-state index is -0.736. The SMILES string of the molecule is CCCC(CCNC(=O)C1NCCCC1C)CCC(=O)O. The third-order valence-corrected chi connectivity index (χ3v) is 4.37. The summed E-state index contributed by atoms with van der Waals surface area (Å²) in [5.74, 6) is 0.136. The van der Waals surface area contributed by atoms with Crippen LogP contribution in [0.1, 0.15) is 58.8 Å². The molecular formula is C16H30N2O3. The molecule has 0 saturated carbocycles. The maximum absolute atomic E-state index is 12.1. The number of carboxylic acid groups (broad SMARTS) is 1. The number of carboxylic acids is 1. The van der Waals surface area contributed by atoms with Crippen molar-refractivity contribution in [2.75, 3.05) is 13.1 Å². The van der Waals surface area contributed by atoms with Crippen LogP contribution in [-0.4, -0.2) is 36.1 Å². The summed E-state index contributed by atoms with van der Waals surface area (Å²) < 4.78 is 0.